The van der Waals surface area contributed by atoms with Crippen LogP contribution in [0.15, 0.2) is 127 Å². The Bertz CT molecular complexity index is 2810. The summed E-state index contributed by atoms with van der Waals surface area (Å²) in [6.07, 6.45) is -0.813. The van der Waals surface area contributed by atoms with Crippen LogP contribution in [0.4, 0.5) is 16.2 Å². The number of esters is 1. The number of ether oxygens (including phenoxy) is 2. The van der Waals surface area contributed by atoms with Gasteiger partial charge in [0.2, 0.25) is 17.7 Å². The molecule has 0 spiro atoms. The number of nitrogens with zero attached hydrogens (tertiary/aromatic N) is 6. The Morgan fingerprint density at radius 1 is 0.662 bits per heavy atom. The lowest BCUT2D eigenvalue weighted by Gasteiger charge is -2.23. The minimum absolute atomic E-state index is 0.00643. The van der Waals surface area contributed by atoms with Crippen LogP contribution in [0.3, 0.4) is 0 Å². The Morgan fingerprint density at radius 2 is 1.14 bits per heavy atom. The fraction of sp³-hybridized carbons (Fsp3) is 0.250. The molecule has 6 N–H and O–H groups in total. The summed E-state index contributed by atoms with van der Waals surface area (Å²) >= 11 is 2.76. The van der Waals surface area contributed by atoms with Crippen molar-refractivity contribution in [1.82, 2.24) is 31.2 Å². The van der Waals surface area contributed by atoms with Crippen molar-refractivity contribution in [2.45, 2.75) is 71.1 Å². The Kier molecular flexibility index (Phi) is 15.6. The number of nitrogens with one attached hydrogen (secondary N) is 6. The number of aromatic amines is 2. The quantitative estimate of drug-likeness (QED) is 0.0209. The molecule has 21 heteroatoms. The number of hydrogen-bond donors (Lipinski definition) is 6. The van der Waals surface area contributed by atoms with Crippen LogP contribution in [0.5, 0.6) is 0 Å². The zero-order valence-corrected chi connectivity index (χ0v) is 37.2. The average Bonchev–Trinajstić information content (AvgIpc) is 3.80. The number of azide groups is 2. The maximum absolute atomic E-state index is 13.8. The fourth-order valence-electron chi connectivity index (χ4n) is 6.61. The molecular formula is C44H44N12O7S2. The number of fused-ring (bicyclic) bond motifs is 2. The summed E-state index contributed by atoms with van der Waals surface area (Å²) in [7, 11) is 1.21. The van der Waals surface area contributed by atoms with E-state index in [1.807, 2.05) is 48.5 Å². The second kappa shape index (κ2) is 21.7. The van der Waals surface area contributed by atoms with E-state index in [-0.39, 0.29) is 12.8 Å². The molecule has 4 amide bonds. The van der Waals surface area contributed by atoms with Crippen molar-refractivity contribution in [3.63, 3.8) is 0 Å². The number of aromatic nitrogens is 2. The first kappa shape index (κ1) is 46.9. The summed E-state index contributed by atoms with van der Waals surface area (Å²) < 4.78 is 10.5. The predicted octanol–water partition coefficient (Wildman–Crippen LogP) is 8.40. The molecular weight excluding hydrogens is 873 g/mol. The number of para-hydroxylation sites is 2. The number of methoxy groups -OCH3 is 1. The van der Waals surface area contributed by atoms with Crippen molar-refractivity contribution in [3.05, 3.63) is 129 Å². The standard InChI is InChI=1S/C44H44N12O7S2/c1-44(2,3)63-43(61)52-35(21-31-29-9-5-7-11-33(29)50-40(31)64-27-17-13-25(14-18-27)53-55-45)39(59)48-23-37(57)47-24-38(58)49-36(42(60)62-4)22-32-30-10-6-8-12-34(30)51-41(32)65-28-19-15-26(16-20-28)54-56-46/h5-20,35-36,50-51H,21-24H2,1-4H3,(H,47,57)(H,48,59)(H,49,58)(H,52,61)/t35-,36-/m0/s1. The second-order valence-electron chi connectivity index (χ2n) is 15.3. The zero-order chi connectivity index (χ0) is 46.5. The molecule has 4 aromatic carbocycles. The number of amides is 4. The van der Waals surface area contributed by atoms with Crippen molar-refractivity contribution in [2.24, 2.45) is 10.2 Å². The predicted molar refractivity (Wildman–Crippen MR) is 246 cm³/mol. The molecule has 6 aromatic rings. The van der Waals surface area contributed by atoms with Crippen LogP contribution >= 0.6 is 23.5 Å². The van der Waals surface area contributed by atoms with Crippen LogP contribution in [-0.4, -0.2) is 77.6 Å². The summed E-state index contributed by atoms with van der Waals surface area (Å²) in [6.45, 7) is 3.98. The van der Waals surface area contributed by atoms with E-state index < -0.39 is 60.6 Å². The molecule has 0 aliphatic rings. The SMILES string of the molecule is COC(=O)[C@H](Cc1c(Sc2ccc(N=[N+]=[N-])cc2)[nH]c2ccccc12)NC(=O)CNC(=O)CNC(=O)[C@H](Cc1c(Sc2ccc(N=[N+]=[N-])cc2)[nH]c2ccccc12)NC(=O)OC(C)(C)C. The summed E-state index contributed by atoms with van der Waals surface area (Å²) in [6, 6.07) is 26.5. The molecule has 6 rings (SSSR count). The summed E-state index contributed by atoms with van der Waals surface area (Å²) in [5.41, 5.74) is 20.6. The Labute approximate surface area is 380 Å². The molecule has 2 heterocycles. The number of alkyl carbamates (subject to hydrolysis) is 1. The number of hydrogen-bond acceptors (Lipinski definition) is 11. The van der Waals surface area contributed by atoms with Gasteiger partial charge in [-0.3, -0.25) is 14.4 Å². The molecule has 2 aromatic heterocycles. The molecule has 0 bridgehead atoms. The molecule has 19 nitrogen and oxygen atoms in total. The highest BCUT2D eigenvalue weighted by molar-refractivity contribution is 7.99. The lowest BCUT2D eigenvalue weighted by molar-refractivity contribution is -0.145. The van der Waals surface area contributed by atoms with E-state index in [4.69, 9.17) is 20.5 Å². The minimum atomic E-state index is -1.21. The van der Waals surface area contributed by atoms with Gasteiger partial charge >= 0.3 is 12.1 Å². The number of benzene rings is 4. The molecule has 0 fully saturated rings. The highest BCUT2D eigenvalue weighted by Crippen LogP contribution is 2.37. The molecule has 0 aliphatic heterocycles. The van der Waals surface area contributed by atoms with Gasteiger partial charge in [0.05, 0.1) is 30.3 Å². The Balaban J connectivity index is 1.12. The van der Waals surface area contributed by atoms with Gasteiger partial charge in [-0.05, 0) is 79.4 Å². The minimum Gasteiger partial charge on any atom is -0.467 e. The average molecular weight is 917 g/mol. The van der Waals surface area contributed by atoms with Gasteiger partial charge in [0.25, 0.3) is 0 Å². The zero-order valence-electron chi connectivity index (χ0n) is 35.6. The van der Waals surface area contributed by atoms with Crippen LogP contribution in [0.25, 0.3) is 42.7 Å². The van der Waals surface area contributed by atoms with Crippen molar-refractivity contribution < 1.29 is 33.4 Å². The van der Waals surface area contributed by atoms with Crippen LogP contribution in [0.2, 0.25) is 0 Å². The van der Waals surface area contributed by atoms with E-state index in [0.29, 0.717) is 27.0 Å². The van der Waals surface area contributed by atoms with E-state index in [0.717, 1.165) is 37.2 Å². The smallest absolute Gasteiger partial charge is 0.408 e. The lowest BCUT2D eigenvalue weighted by Crippen LogP contribution is -2.52. The summed E-state index contributed by atoms with van der Waals surface area (Å²) in [5.74, 6) is -2.81. The third-order valence-corrected chi connectivity index (χ3v) is 11.6. The Morgan fingerprint density at radius 3 is 1.62 bits per heavy atom. The van der Waals surface area contributed by atoms with E-state index in [2.05, 4.69) is 51.3 Å². The van der Waals surface area contributed by atoms with Gasteiger partial charge in [-0.1, -0.05) is 94.4 Å². The fourth-order valence-corrected chi connectivity index (χ4v) is 8.58. The lowest BCUT2D eigenvalue weighted by atomic mass is 10.0. The van der Waals surface area contributed by atoms with Crippen molar-refractivity contribution in [3.8, 4) is 0 Å². The van der Waals surface area contributed by atoms with Gasteiger partial charge < -0.3 is 40.7 Å². The van der Waals surface area contributed by atoms with Crippen LogP contribution in [-0.2, 0) is 41.5 Å². The maximum atomic E-state index is 13.8. The van der Waals surface area contributed by atoms with Crippen molar-refractivity contribution in [2.75, 3.05) is 20.2 Å². The first-order valence-electron chi connectivity index (χ1n) is 20.0. The molecule has 334 valence electrons. The van der Waals surface area contributed by atoms with Gasteiger partial charge in [-0.25, -0.2) is 9.59 Å². The van der Waals surface area contributed by atoms with Crippen molar-refractivity contribution in [1.29, 1.82) is 0 Å². The number of carbonyl (C=O) groups is 5. The van der Waals surface area contributed by atoms with Gasteiger partial charge in [-0.15, -0.1) is 0 Å². The highest BCUT2D eigenvalue weighted by Gasteiger charge is 2.29. The summed E-state index contributed by atoms with van der Waals surface area (Å²) in [4.78, 5) is 80.3. The molecule has 0 saturated carbocycles. The number of carbonyl (C=O) groups excluding carboxylic acids is 5. The van der Waals surface area contributed by atoms with Gasteiger partial charge in [0, 0.05) is 65.6 Å². The van der Waals surface area contributed by atoms with Gasteiger partial charge in [-0.2, -0.15) is 0 Å². The van der Waals surface area contributed by atoms with Crippen LogP contribution in [0.1, 0.15) is 31.9 Å². The third kappa shape index (κ3) is 13.0. The van der Waals surface area contributed by atoms with E-state index in [9.17, 15) is 24.0 Å². The molecule has 65 heavy (non-hydrogen) atoms. The first-order valence-corrected chi connectivity index (χ1v) is 21.6. The largest absolute Gasteiger partial charge is 0.467 e. The van der Waals surface area contributed by atoms with Gasteiger partial charge in [0.15, 0.2) is 0 Å². The normalized spacial score (nSPS) is 11.9. The number of rotatable bonds is 18. The monoisotopic (exact) mass is 916 g/mol. The highest BCUT2D eigenvalue weighted by atomic mass is 32.2. The molecule has 0 unspecified atom stereocenters. The molecule has 0 radical (unpaired) electrons. The Hall–Kier alpha value is -7.57. The molecule has 0 saturated heterocycles. The first-order chi connectivity index (χ1) is 31.2. The topological polar surface area (TPSA) is 281 Å². The third-order valence-electron chi connectivity index (χ3n) is 9.50. The van der Waals surface area contributed by atoms with Crippen LogP contribution in [0, 0.1) is 0 Å². The van der Waals surface area contributed by atoms with E-state index in [1.54, 1.807) is 69.3 Å². The van der Waals surface area contributed by atoms with Crippen LogP contribution < -0.4 is 21.3 Å². The second-order valence-corrected chi connectivity index (χ2v) is 17.4. The van der Waals surface area contributed by atoms with Crippen molar-refractivity contribution >= 4 is 86.5 Å². The van der Waals surface area contributed by atoms with Gasteiger partial charge in [0.1, 0.15) is 17.7 Å². The number of H-pyrrole nitrogens is 2. The molecule has 2 atom stereocenters. The molecule has 0 aliphatic carbocycles. The maximum Gasteiger partial charge on any atom is 0.408 e. The summed E-state index contributed by atoms with van der Waals surface area (Å²) in [5, 5.41) is 20.6. The van der Waals surface area contributed by atoms with E-state index in [1.165, 1.54) is 30.6 Å². The van der Waals surface area contributed by atoms with E-state index >= 15 is 0 Å².